The van der Waals surface area contributed by atoms with Crippen LogP contribution in [0.2, 0.25) is 10.0 Å². The van der Waals surface area contributed by atoms with Crippen LogP contribution in [0.4, 0.5) is 11.4 Å². The van der Waals surface area contributed by atoms with Gasteiger partial charge in [0.25, 0.3) is 11.8 Å². The minimum Gasteiger partial charge on any atom is -0.504 e. The number of phenolic OH excluding ortho intramolecular Hbond substituents is 1. The van der Waals surface area contributed by atoms with E-state index in [1.807, 2.05) is 6.08 Å². The summed E-state index contributed by atoms with van der Waals surface area (Å²) in [6, 6.07) is 23.7. The van der Waals surface area contributed by atoms with E-state index in [2.05, 4.69) is 12.0 Å². The lowest BCUT2D eigenvalue weighted by Crippen LogP contribution is -2.53. The van der Waals surface area contributed by atoms with Crippen LogP contribution in [0.3, 0.4) is 0 Å². The molecule has 2 heterocycles. The maximum absolute atomic E-state index is 15.4. The van der Waals surface area contributed by atoms with Crippen molar-refractivity contribution in [3.05, 3.63) is 130 Å². The van der Waals surface area contributed by atoms with E-state index in [-0.39, 0.29) is 46.9 Å². The summed E-state index contributed by atoms with van der Waals surface area (Å²) in [4.78, 5) is 60.3. The maximum atomic E-state index is 15.4. The molecule has 2 aliphatic heterocycles. The Bertz CT molecular complexity index is 2270. The van der Waals surface area contributed by atoms with Crippen molar-refractivity contribution in [2.75, 3.05) is 24.5 Å². The zero-order chi connectivity index (χ0) is 38.1. The zero-order valence-electron chi connectivity index (χ0n) is 29.3. The summed E-state index contributed by atoms with van der Waals surface area (Å²) < 4.78 is 11.0. The first-order chi connectivity index (χ1) is 26.0. The molecule has 3 fully saturated rings. The van der Waals surface area contributed by atoms with E-state index in [9.17, 15) is 19.5 Å². The van der Waals surface area contributed by atoms with Gasteiger partial charge in [0, 0.05) is 16.5 Å². The van der Waals surface area contributed by atoms with Gasteiger partial charge in [-0.1, -0.05) is 83.9 Å². The predicted octanol–water partition coefficient (Wildman–Crippen LogP) is 7.55. The number of benzene rings is 4. The summed E-state index contributed by atoms with van der Waals surface area (Å²) in [6.45, 7) is 3.79. The number of carbonyl (C=O) groups excluding carboxylic acids is 4. The van der Waals surface area contributed by atoms with Crippen LogP contribution in [0.25, 0.3) is 6.08 Å². The third-order valence-electron chi connectivity index (χ3n) is 11.5. The van der Waals surface area contributed by atoms with Gasteiger partial charge in [-0.15, -0.1) is 0 Å². The molecule has 8 rings (SSSR count). The van der Waals surface area contributed by atoms with Crippen molar-refractivity contribution in [1.82, 2.24) is 5.01 Å². The fourth-order valence-electron chi connectivity index (χ4n) is 9.14. The Balaban J connectivity index is 1.34. The van der Waals surface area contributed by atoms with Gasteiger partial charge in [-0.05, 0) is 78.4 Å². The van der Waals surface area contributed by atoms with Gasteiger partial charge in [-0.25, -0.2) is 0 Å². The molecule has 4 aliphatic rings. The molecular weight excluding hydrogens is 729 g/mol. The van der Waals surface area contributed by atoms with Gasteiger partial charge >= 0.3 is 0 Å². The lowest BCUT2D eigenvalue weighted by atomic mass is 9.49. The molecule has 1 saturated carbocycles. The number of amides is 4. The Labute approximate surface area is 321 Å². The lowest BCUT2D eigenvalue weighted by molar-refractivity contribution is -0.138. The summed E-state index contributed by atoms with van der Waals surface area (Å²) in [6.07, 6.45) is 3.89. The normalized spacial score (nSPS) is 25.9. The molecule has 0 aromatic heterocycles. The lowest BCUT2D eigenvalue weighted by Gasteiger charge is -2.50. The molecule has 0 bridgehead atoms. The molecule has 2 N–H and O–H groups in total. The number of rotatable bonds is 8. The van der Waals surface area contributed by atoms with E-state index in [1.165, 1.54) is 25.2 Å². The molecule has 2 aliphatic carbocycles. The van der Waals surface area contributed by atoms with Crippen LogP contribution in [-0.2, 0) is 24.6 Å². The number of imide groups is 2. The summed E-state index contributed by atoms with van der Waals surface area (Å²) >= 11 is 12.7. The van der Waals surface area contributed by atoms with Crippen LogP contribution in [-0.4, -0.2) is 48.0 Å². The first-order valence-corrected chi connectivity index (χ1v) is 18.2. The van der Waals surface area contributed by atoms with Gasteiger partial charge in [0.2, 0.25) is 11.8 Å². The maximum Gasteiger partial charge on any atom is 0.260 e. The minimum atomic E-state index is -1.64. The molecule has 2 saturated heterocycles. The molecule has 0 radical (unpaired) electrons. The van der Waals surface area contributed by atoms with Gasteiger partial charge in [-0.2, -0.15) is 5.01 Å². The molecule has 54 heavy (non-hydrogen) atoms. The number of methoxy groups -OCH3 is 2. The van der Waals surface area contributed by atoms with Crippen LogP contribution in [0.1, 0.15) is 35.4 Å². The number of anilines is 2. The first-order valence-electron chi connectivity index (χ1n) is 17.5. The molecule has 0 spiro atoms. The average molecular weight is 765 g/mol. The molecule has 0 unspecified atom stereocenters. The summed E-state index contributed by atoms with van der Waals surface area (Å²) in [5, 5.41) is 13.4. The van der Waals surface area contributed by atoms with Crippen molar-refractivity contribution >= 4 is 64.3 Å². The van der Waals surface area contributed by atoms with Gasteiger partial charge < -0.3 is 14.6 Å². The highest BCUT2D eigenvalue weighted by Gasteiger charge is 2.70. The summed E-state index contributed by atoms with van der Waals surface area (Å²) in [5.41, 5.74) is 4.42. The second kappa shape index (κ2) is 13.4. The van der Waals surface area contributed by atoms with Gasteiger partial charge in [-0.3, -0.25) is 29.5 Å². The smallest absolute Gasteiger partial charge is 0.260 e. The number of fused-ring (bicyclic) bond motifs is 4. The summed E-state index contributed by atoms with van der Waals surface area (Å²) in [5.74, 6) is -5.51. The molecular formula is C42H35Cl2N3O7. The van der Waals surface area contributed by atoms with Crippen LogP contribution >= 0.6 is 23.2 Å². The fraction of sp³-hybridized carbons (Fsp3) is 0.238. The third-order valence-corrected chi connectivity index (χ3v) is 12.1. The van der Waals surface area contributed by atoms with E-state index < -0.39 is 46.8 Å². The molecule has 12 heteroatoms. The number of aromatic hydroxyl groups is 1. The zero-order valence-corrected chi connectivity index (χ0v) is 30.8. The van der Waals surface area contributed by atoms with Crippen molar-refractivity contribution < 1.29 is 33.8 Å². The number of ether oxygens (including phenoxy) is 2. The van der Waals surface area contributed by atoms with Crippen molar-refractivity contribution in [3.63, 3.8) is 0 Å². The van der Waals surface area contributed by atoms with Gasteiger partial charge in [0.1, 0.15) is 5.75 Å². The van der Waals surface area contributed by atoms with E-state index in [0.717, 1.165) is 10.6 Å². The molecule has 4 aromatic rings. The van der Waals surface area contributed by atoms with E-state index >= 15 is 4.79 Å². The summed E-state index contributed by atoms with van der Waals surface area (Å²) in [7, 11) is 2.96. The highest BCUT2D eigenvalue weighted by atomic mass is 35.5. The van der Waals surface area contributed by atoms with E-state index in [4.69, 9.17) is 32.7 Å². The number of hydrogen-bond acceptors (Lipinski definition) is 8. The number of hydrogen-bond donors (Lipinski definition) is 2. The largest absolute Gasteiger partial charge is 0.504 e. The van der Waals surface area contributed by atoms with Crippen LogP contribution in [0, 0.1) is 23.7 Å². The van der Waals surface area contributed by atoms with Crippen LogP contribution in [0.5, 0.6) is 17.2 Å². The second-order valence-electron chi connectivity index (χ2n) is 13.9. The minimum absolute atomic E-state index is 0.0691. The van der Waals surface area contributed by atoms with Crippen LogP contribution < -0.4 is 19.8 Å². The third kappa shape index (κ3) is 5.15. The fourth-order valence-corrected chi connectivity index (χ4v) is 9.59. The standard InChI is InChI=1S/C42H35Cl2N3O7/c1-4-22-8-13-25(14-9-22)46-38(49)28-18-17-27-30(35(28)40(46)51)21-31-39(50)47(45-33-19-12-24(43)20-32(33)44)41(52)42(31,23-10-15-26(53-2)16-11-23)36(27)29-6-5-7-34(54-3)37(29)48/h4-17,19-20,28,30-31,35-36,45,48H,1,18,21H2,2-3H3/t28-,30+,31-,35-,36+,42+/m0/s1. The SMILES string of the molecule is C=Cc1ccc(N2C(=O)[C@H]3[C@H](CC=C4[C@H]3C[C@H]3C(=O)N(Nc5ccc(Cl)cc5Cl)C(=O)[C@@]3(c3ccc(OC)cc3)[C@H]4c3cccc(OC)c3O)C2=O)cc1. The molecule has 4 aromatic carbocycles. The predicted molar refractivity (Wildman–Crippen MR) is 204 cm³/mol. The number of hydrazine groups is 1. The number of halogens is 2. The highest BCUT2D eigenvalue weighted by molar-refractivity contribution is 6.36. The number of para-hydroxylation sites is 1. The highest BCUT2D eigenvalue weighted by Crippen LogP contribution is 2.65. The van der Waals surface area contributed by atoms with Crippen LogP contribution in [0.15, 0.2) is 103 Å². The van der Waals surface area contributed by atoms with Crippen molar-refractivity contribution in [2.24, 2.45) is 23.7 Å². The molecule has 4 amide bonds. The van der Waals surface area contributed by atoms with Crippen molar-refractivity contribution in [2.45, 2.75) is 24.2 Å². The van der Waals surface area contributed by atoms with Crippen molar-refractivity contribution in [1.29, 1.82) is 0 Å². The Hall–Kier alpha value is -5.58. The first kappa shape index (κ1) is 35.4. The molecule has 6 atom stereocenters. The number of allylic oxidation sites excluding steroid dienone is 2. The Morgan fingerprint density at radius 3 is 2.30 bits per heavy atom. The number of phenols is 1. The van der Waals surface area contributed by atoms with Gasteiger partial charge in [0.05, 0.1) is 53.8 Å². The Kier molecular flexibility index (Phi) is 8.78. The Morgan fingerprint density at radius 1 is 0.889 bits per heavy atom. The van der Waals surface area contributed by atoms with Crippen molar-refractivity contribution in [3.8, 4) is 17.2 Å². The molecule has 10 nitrogen and oxygen atoms in total. The quantitative estimate of drug-likeness (QED) is 0.139. The second-order valence-corrected chi connectivity index (χ2v) is 14.8. The number of nitrogens with zero attached hydrogens (tertiary/aromatic N) is 2. The topological polar surface area (TPSA) is 125 Å². The monoisotopic (exact) mass is 763 g/mol. The van der Waals surface area contributed by atoms with Gasteiger partial charge in [0.15, 0.2) is 11.5 Å². The van der Waals surface area contributed by atoms with E-state index in [1.54, 1.807) is 84.9 Å². The van der Waals surface area contributed by atoms with E-state index in [0.29, 0.717) is 33.2 Å². The average Bonchev–Trinajstić information content (AvgIpc) is 3.56. The Morgan fingerprint density at radius 2 is 1.63 bits per heavy atom. The number of carbonyl (C=O) groups is 4. The number of nitrogens with one attached hydrogen (secondary N) is 1. The molecule has 274 valence electrons.